The molecule has 5 aromatic rings. The zero-order valence-electron chi connectivity index (χ0n) is 16.8. The minimum atomic E-state index is -0.259. The van der Waals surface area contributed by atoms with Crippen molar-refractivity contribution < 1.29 is 4.39 Å². The Morgan fingerprint density at radius 2 is 1.65 bits per heavy atom. The summed E-state index contributed by atoms with van der Waals surface area (Å²) in [4.78, 5) is 13.3. The molecule has 0 N–H and O–H groups in total. The van der Waals surface area contributed by atoms with E-state index in [1.54, 1.807) is 16.7 Å². The molecule has 5 nitrogen and oxygen atoms in total. The van der Waals surface area contributed by atoms with Crippen molar-refractivity contribution in [3.8, 4) is 0 Å². The van der Waals surface area contributed by atoms with Crippen LogP contribution in [-0.4, -0.2) is 19.2 Å². The fourth-order valence-corrected chi connectivity index (χ4v) is 4.66. The molecule has 0 saturated heterocycles. The summed E-state index contributed by atoms with van der Waals surface area (Å²) in [6.07, 6.45) is 0. The van der Waals surface area contributed by atoms with E-state index in [4.69, 9.17) is 0 Å². The van der Waals surface area contributed by atoms with Gasteiger partial charge in [-0.2, -0.15) is 0 Å². The van der Waals surface area contributed by atoms with Crippen LogP contribution in [-0.2, 0) is 6.54 Å². The first-order valence-corrected chi connectivity index (χ1v) is 10.8. The standard InChI is InChI=1S/C24H19FN4OS/c1-16(18-11-13-19(25)14-12-18)31-24-27-26-23-28(15-17-7-3-2-4-8-17)22(30)20-9-5-6-10-21(20)29(23)24/h2-14,16H,15H2,1H3. The molecule has 0 bridgehead atoms. The number of thioether (sulfide) groups is 1. The molecule has 0 amide bonds. The molecular formula is C24H19FN4OS. The highest BCUT2D eigenvalue weighted by molar-refractivity contribution is 7.99. The van der Waals surface area contributed by atoms with Gasteiger partial charge in [-0.3, -0.25) is 13.8 Å². The van der Waals surface area contributed by atoms with Gasteiger partial charge in [-0.05, 0) is 42.3 Å². The van der Waals surface area contributed by atoms with Crippen molar-refractivity contribution in [1.29, 1.82) is 0 Å². The van der Waals surface area contributed by atoms with Gasteiger partial charge in [-0.15, -0.1) is 10.2 Å². The highest BCUT2D eigenvalue weighted by Crippen LogP contribution is 2.34. The molecule has 31 heavy (non-hydrogen) atoms. The van der Waals surface area contributed by atoms with Crippen molar-refractivity contribution in [2.75, 3.05) is 0 Å². The van der Waals surface area contributed by atoms with Gasteiger partial charge in [0.2, 0.25) is 5.78 Å². The Balaban J connectivity index is 1.65. The fourth-order valence-electron chi connectivity index (χ4n) is 3.68. The van der Waals surface area contributed by atoms with Gasteiger partial charge in [0.25, 0.3) is 5.56 Å². The van der Waals surface area contributed by atoms with Gasteiger partial charge in [0.15, 0.2) is 5.16 Å². The predicted molar refractivity (Wildman–Crippen MR) is 121 cm³/mol. The van der Waals surface area contributed by atoms with E-state index in [2.05, 4.69) is 10.2 Å². The lowest BCUT2D eigenvalue weighted by atomic mass is 10.2. The summed E-state index contributed by atoms with van der Waals surface area (Å²) in [5.74, 6) is 0.242. The van der Waals surface area contributed by atoms with Crippen molar-refractivity contribution in [2.45, 2.75) is 23.9 Å². The van der Waals surface area contributed by atoms with Crippen LogP contribution >= 0.6 is 11.8 Å². The fraction of sp³-hybridized carbons (Fsp3) is 0.125. The molecular weight excluding hydrogens is 411 g/mol. The van der Waals surface area contributed by atoms with Crippen LogP contribution in [0.2, 0.25) is 0 Å². The predicted octanol–water partition coefficient (Wildman–Crippen LogP) is 5.08. The number of rotatable bonds is 5. The monoisotopic (exact) mass is 430 g/mol. The lowest BCUT2D eigenvalue weighted by molar-refractivity contribution is 0.627. The Hall–Kier alpha value is -3.45. The Labute approximate surface area is 182 Å². The van der Waals surface area contributed by atoms with Crippen molar-refractivity contribution in [3.05, 3.63) is 106 Å². The number of halogens is 1. The second-order valence-electron chi connectivity index (χ2n) is 7.32. The highest BCUT2D eigenvalue weighted by atomic mass is 32.2. The molecule has 0 spiro atoms. The molecule has 3 aromatic carbocycles. The summed E-state index contributed by atoms with van der Waals surface area (Å²) in [5.41, 5.74) is 2.68. The summed E-state index contributed by atoms with van der Waals surface area (Å²) in [6.45, 7) is 2.45. The molecule has 154 valence electrons. The number of hydrogen-bond acceptors (Lipinski definition) is 4. The zero-order chi connectivity index (χ0) is 21.4. The van der Waals surface area contributed by atoms with E-state index in [1.165, 1.54) is 23.9 Å². The molecule has 0 aliphatic rings. The van der Waals surface area contributed by atoms with Crippen LogP contribution < -0.4 is 5.56 Å². The van der Waals surface area contributed by atoms with Gasteiger partial charge in [-0.1, -0.05) is 66.4 Å². The first kappa shape index (κ1) is 19.5. The van der Waals surface area contributed by atoms with E-state index < -0.39 is 0 Å². The van der Waals surface area contributed by atoms with Gasteiger partial charge >= 0.3 is 0 Å². The summed E-state index contributed by atoms with van der Waals surface area (Å²) in [5, 5.41) is 10.1. The van der Waals surface area contributed by atoms with Gasteiger partial charge < -0.3 is 0 Å². The number of aromatic nitrogens is 4. The van der Waals surface area contributed by atoms with Crippen LogP contribution in [0, 0.1) is 5.82 Å². The topological polar surface area (TPSA) is 52.2 Å². The number of nitrogens with zero attached hydrogens (tertiary/aromatic N) is 4. The Kier molecular flexibility index (Phi) is 5.03. The summed E-state index contributed by atoms with van der Waals surface area (Å²) >= 11 is 1.53. The Morgan fingerprint density at radius 3 is 2.42 bits per heavy atom. The molecule has 1 atom stereocenters. The largest absolute Gasteiger partial charge is 0.272 e. The van der Waals surface area contributed by atoms with E-state index in [0.29, 0.717) is 22.9 Å². The maximum atomic E-state index is 13.3. The lowest BCUT2D eigenvalue weighted by Crippen LogP contribution is -2.24. The normalized spacial score (nSPS) is 12.5. The summed E-state index contributed by atoms with van der Waals surface area (Å²) in [7, 11) is 0. The zero-order valence-corrected chi connectivity index (χ0v) is 17.6. The van der Waals surface area contributed by atoms with E-state index >= 15 is 0 Å². The van der Waals surface area contributed by atoms with Crippen LogP contribution in [0.3, 0.4) is 0 Å². The first-order chi connectivity index (χ1) is 15.1. The van der Waals surface area contributed by atoms with Gasteiger partial charge in [0.05, 0.1) is 17.4 Å². The Morgan fingerprint density at radius 1 is 0.935 bits per heavy atom. The average Bonchev–Trinajstić information content (AvgIpc) is 3.21. The first-order valence-electron chi connectivity index (χ1n) is 9.94. The molecule has 0 aliphatic carbocycles. The maximum Gasteiger partial charge on any atom is 0.263 e. The van der Waals surface area contributed by atoms with Crippen LogP contribution in [0.15, 0.2) is 88.8 Å². The second kappa shape index (κ2) is 8.00. The molecule has 0 radical (unpaired) electrons. The molecule has 5 rings (SSSR count). The molecule has 1 unspecified atom stereocenters. The van der Waals surface area contributed by atoms with Crippen molar-refractivity contribution in [3.63, 3.8) is 0 Å². The van der Waals surface area contributed by atoms with Crippen LogP contribution in [0.5, 0.6) is 0 Å². The molecule has 7 heteroatoms. The Bertz CT molecular complexity index is 1430. The minimum absolute atomic E-state index is 0.0289. The van der Waals surface area contributed by atoms with Crippen LogP contribution in [0.4, 0.5) is 4.39 Å². The molecule has 0 saturated carbocycles. The summed E-state index contributed by atoms with van der Waals surface area (Å²) < 4.78 is 16.9. The number of para-hydroxylation sites is 1. The third kappa shape index (κ3) is 3.61. The number of fused-ring (bicyclic) bond motifs is 3. The second-order valence-corrected chi connectivity index (χ2v) is 8.63. The van der Waals surface area contributed by atoms with Gasteiger partial charge in [-0.25, -0.2) is 4.39 Å². The van der Waals surface area contributed by atoms with Crippen LogP contribution in [0.25, 0.3) is 16.7 Å². The molecule has 0 fully saturated rings. The number of hydrogen-bond donors (Lipinski definition) is 0. The van der Waals surface area contributed by atoms with Crippen molar-refractivity contribution in [1.82, 2.24) is 19.2 Å². The minimum Gasteiger partial charge on any atom is -0.272 e. The SMILES string of the molecule is CC(Sc1nnc2n(Cc3ccccc3)c(=O)c3ccccc3n12)c1ccc(F)cc1. The van der Waals surface area contributed by atoms with E-state index in [9.17, 15) is 9.18 Å². The van der Waals surface area contributed by atoms with Crippen LogP contribution in [0.1, 0.15) is 23.3 Å². The number of benzene rings is 3. The third-order valence-electron chi connectivity index (χ3n) is 5.28. The average molecular weight is 431 g/mol. The van der Waals surface area contributed by atoms with Crippen molar-refractivity contribution in [2.24, 2.45) is 0 Å². The smallest absolute Gasteiger partial charge is 0.263 e. The van der Waals surface area contributed by atoms with E-state index in [-0.39, 0.29) is 16.6 Å². The van der Waals surface area contributed by atoms with Gasteiger partial charge in [0.1, 0.15) is 5.82 Å². The lowest BCUT2D eigenvalue weighted by Gasteiger charge is -2.13. The van der Waals surface area contributed by atoms with Crippen molar-refractivity contribution >= 4 is 28.4 Å². The highest BCUT2D eigenvalue weighted by Gasteiger charge is 2.19. The van der Waals surface area contributed by atoms with E-state index in [1.807, 2.05) is 65.9 Å². The molecule has 2 heterocycles. The third-order valence-corrected chi connectivity index (χ3v) is 6.38. The molecule has 0 aliphatic heterocycles. The van der Waals surface area contributed by atoms with Gasteiger partial charge in [0, 0.05) is 5.25 Å². The quantitative estimate of drug-likeness (QED) is 0.365. The maximum absolute atomic E-state index is 13.3. The summed E-state index contributed by atoms with van der Waals surface area (Å²) in [6, 6.07) is 23.8. The van der Waals surface area contributed by atoms with E-state index in [0.717, 1.165) is 16.6 Å². The molecule has 2 aromatic heterocycles.